The Bertz CT molecular complexity index is 404. The van der Waals surface area contributed by atoms with Crippen LogP contribution < -0.4 is 0 Å². The van der Waals surface area contributed by atoms with E-state index in [4.69, 9.17) is 0 Å². The lowest BCUT2D eigenvalue weighted by Gasteiger charge is -2.27. The van der Waals surface area contributed by atoms with Crippen LogP contribution in [0.25, 0.3) is 0 Å². The quantitative estimate of drug-likeness (QED) is 0.900. The molecule has 0 aromatic carbocycles. The number of rotatable bonds is 4. The van der Waals surface area contributed by atoms with E-state index in [1.54, 1.807) is 6.33 Å². The zero-order valence-corrected chi connectivity index (χ0v) is 12.3. The van der Waals surface area contributed by atoms with Gasteiger partial charge in [-0.15, -0.1) is 0 Å². The van der Waals surface area contributed by atoms with E-state index in [2.05, 4.69) is 35.8 Å². The Morgan fingerprint density at radius 1 is 1.37 bits per heavy atom. The molecule has 0 bridgehead atoms. The second-order valence-corrected chi connectivity index (χ2v) is 5.90. The fourth-order valence-electron chi connectivity index (χ4n) is 2.85. The van der Waals surface area contributed by atoms with Crippen LogP contribution in [0, 0.1) is 0 Å². The van der Waals surface area contributed by atoms with Crippen molar-refractivity contribution < 1.29 is 5.11 Å². The SMILES string of the molecule is CCN1CCCC(O)(Cc2ncnn2C(C)C)CC1. The van der Waals surface area contributed by atoms with Crippen molar-refractivity contribution in [1.82, 2.24) is 19.7 Å². The monoisotopic (exact) mass is 266 g/mol. The maximum Gasteiger partial charge on any atom is 0.138 e. The highest BCUT2D eigenvalue weighted by Crippen LogP contribution is 2.26. The van der Waals surface area contributed by atoms with Gasteiger partial charge in [0.25, 0.3) is 0 Å². The van der Waals surface area contributed by atoms with Gasteiger partial charge in [0.1, 0.15) is 12.2 Å². The summed E-state index contributed by atoms with van der Waals surface area (Å²) in [6, 6.07) is 0.291. The molecule has 1 fully saturated rings. The van der Waals surface area contributed by atoms with Gasteiger partial charge in [0.2, 0.25) is 0 Å². The number of hydrogen-bond acceptors (Lipinski definition) is 4. The molecule has 2 rings (SSSR count). The first-order valence-electron chi connectivity index (χ1n) is 7.37. The largest absolute Gasteiger partial charge is 0.389 e. The third kappa shape index (κ3) is 3.54. The minimum atomic E-state index is -0.621. The number of aliphatic hydroxyl groups is 1. The summed E-state index contributed by atoms with van der Waals surface area (Å²) in [6.07, 6.45) is 4.94. The van der Waals surface area contributed by atoms with Crippen molar-refractivity contribution in [2.45, 2.75) is 58.1 Å². The molecule has 0 saturated carbocycles. The fraction of sp³-hybridized carbons (Fsp3) is 0.857. The van der Waals surface area contributed by atoms with E-state index in [1.165, 1.54) is 0 Å². The summed E-state index contributed by atoms with van der Waals surface area (Å²) in [5, 5.41) is 15.1. The number of likely N-dealkylation sites (tertiary alicyclic amines) is 1. The van der Waals surface area contributed by atoms with E-state index < -0.39 is 5.60 Å². The van der Waals surface area contributed by atoms with Crippen LogP contribution in [0.3, 0.4) is 0 Å². The lowest BCUT2D eigenvalue weighted by molar-refractivity contribution is 0.0227. The standard InChI is InChI=1S/C14H26N4O/c1-4-17-8-5-6-14(19,7-9-17)10-13-15-11-16-18(13)12(2)3/h11-12,19H,4-10H2,1-3H3. The molecule has 1 atom stereocenters. The molecule has 0 radical (unpaired) electrons. The van der Waals surface area contributed by atoms with Gasteiger partial charge in [0.15, 0.2) is 0 Å². The van der Waals surface area contributed by atoms with Crippen molar-refractivity contribution >= 4 is 0 Å². The van der Waals surface area contributed by atoms with Gasteiger partial charge in [-0.25, -0.2) is 9.67 Å². The Balaban J connectivity index is 2.06. The Morgan fingerprint density at radius 2 is 2.16 bits per heavy atom. The Kier molecular flexibility index (Phi) is 4.58. The molecule has 1 aliphatic heterocycles. The predicted molar refractivity (Wildman–Crippen MR) is 75.0 cm³/mol. The van der Waals surface area contributed by atoms with Crippen molar-refractivity contribution in [2.75, 3.05) is 19.6 Å². The average molecular weight is 266 g/mol. The van der Waals surface area contributed by atoms with E-state index >= 15 is 0 Å². The molecular weight excluding hydrogens is 240 g/mol. The minimum absolute atomic E-state index is 0.291. The topological polar surface area (TPSA) is 54.2 Å². The van der Waals surface area contributed by atoms with Crippen molar-refractivity contribution in [3.8, 4) is 0 Å². The van der Waals surface area contributed by atoms with E-state index in [-0.39, 0.29) is 0 Å². The highest BCUT2D eigenvalue weighted by Gasteiger charge is 2.31. The van der Waals surface area contributed by atoms with E-state index in [9.17, 15) is 5.11 Å². The Hall–Kier alpha value is -0.940. The minimum Gasteiger partial charge on any atom is -0.389 e. The van der Waals surface area contributed by atoms with Crippen LogP contribution in [0.2, 0.25) is 0 Å². The summed E-state index contributed by atoms with van der Waals surface area (Å²) >= 11 is 0. The smallest absolute Gasteiger partial charge is 0.138 e. The third-order valence-corrected chi connectivity index (χ3v) is 4.08. The zero-order chi connectivity index (χ0) is 13.9. The average Bonchev–Trinajstić information content (AvgIpc) is 2.73. The fourth-order valence-corrected chi connectivity index (χ4v) is 2.85. The first-order valence-corrected chi connectivity index (χ1v) is 7.37. The van der Waals surface area contributed by atoms with Gasteiger partial charge in [-0.1, -0.05) is 6.92 Å². The number of hydrogen-bond donors (Lipinski definition) is 1. The molecule has 1 saturated heterocycles. The van der Waals surface area contributed by atoms with Gasteiger partial charge in [0, 0.05) is 19.0 Å². The maximum atomic E-state index is 10.8. The highest BCUT2D eigenvalue weighted by molar-refractivity contribution is 4.97. The highest BCUT2D eigenvalue weighted by atomic mass is 16.3. The number of aromatic nitrogens is 3. The lowest BCUT2D eigenvalue weighted by atomic mass is 9.91. The van der Waals surface area contributed by atoms with Crippen LogP contribution in [-0.2, 0) is 6.42 Å². The molecule has 0 aliphatic carbocycles. The van der Waals surface area contributed by atoms with Crippen molar-refractivity contribution in [1.29, 1.82) is 0 Å². The van der Waals surface area contributed by atoms with Crippen LogP contribution in [-0.4, -0.2) is 50.0 Å². The van der Waals surface area contributed by atoms with E-state index in [1.807, 2.05) is 4.68 Å². The van der Waals surface area contributed by atoms with Crippen LogP contribution in [0.15, 0.2) is 6.33 Å². The summed E-state index contributed by atoms with van der Waals surface area (Å²) in [6.45, 7) is 9.50. The molecule has 19 heavy (non-hydrogen) atoms. The zero-order valence-electron chi connectivity index (χ0n) is 12.3. The number of nitrogens with zero attached hydrogens (tertiary/aromatic N) is 4. The molecule has 1 aromatic rings. The van der Waals surface area contributed by atoms with Gasteiger partial charge in [-0.05, 0) is 46.2 Å². The second kappa shape index (κ2) is 6.01. The summed E-state index contributed by atoms with van der Waals surface area (Å²) in [7, 11) is 0. The Labute approximate surface area is 115 Å². The van der Waals surface area contributed by atoms with Crippen molar-refractivity contribution in [2.24, 2.45) is 0 Å². The predicted octanol–water partition coefficient (Wildman–Crippen LogP) is 1.64. The van der Waals surface area contributed by atoms with Crippen LogP contribution in [0.5, 0.6) is 0 Å². The first kappa shape index (κ1) is 14.5. The van der Waals surface area contributed by atoms with E-state index in [0.29, 0.717) is 12.5 Å². The molecule has 5 nitrogen and oxygen atoms in total. The van der Waals surface area contributed by atoms with Gasteiger partial charge in [-0.2, -0.15) is 5.10 Å². The summed E-state index contributed by atoms with van der Waals surface area (Å²) in [5.41, 5.74) is -0.621. The third-order valence-electron chi connectivity index (χ3n) is 4.08. The molecule has 2 heterocycles. The molecule has 1 aromatic heterocycles. The van der Waals surface area contributed by atoms with Gasteiger partial charge in [-0.3, -0.25) is 0 Å². The second-order valence-electron chi connectivity index (χ2n) is 5.90. The van der Waals surface area contributed by atoms with Crippen molar-refractivity contribution in [3.63, 3.8) is 0 Å². The summed E-state index contributed by atoms with van der Waals surface area (Å²) in [4.78, 5) is 6.73. The van der Waals surface area contributed by atoms with Crippen LogP contribution in [0.4, 0.5) is 0 Å². The van der Waals surface area contributed by atoms with Crippen LogP contribution >= 0.6 is 0 Å². The Morgan fingerprint density at radius 3 is 2.84 bits per heavy atom. The summed E-state index contributed by atoms with van der Waals surface area (Å²) in [5.74, 6) is 0.905. The molecule has 5 heteroatoms. The molecule has 1 N–H and O–H groups in total. The first-order chi connectivity index (χ1) is 9.04. The van der Waals surface area contributed by atoms with Gasteiger partial charge in [0.05, 0.1) is 5.60 Å². The molecule has 0 amide bonds. The van der Waals surface area contributed by atoms with Crippen LogP contribution in [0.1, 0.15) is 51.9 Å². The normalized spacial score (nSPS) is 25.7. The maximum absolute atomic E-state index is 10.8. The molecule has 108 valence electrons. The van der Waals surface area contributed by atoms with Gasteiger partial charge >= 0.3 is 0 Å². The molecule has 0 spiro atoms. The van der Waals surface area contributed by atoms with Crippen molar-refractivity contribution in [3.05, 3.63) is 12.2 Å². The molecule has 1 aliphatic rings. The lowest BCUT2D eigenvalue weighted by Crippen LogP contribution is -2.34. The van der Waals surface area contributed by atoms with E-state index in [0.717, 1.165) is 44.7 Å². The van der Waals surface area contributed by atoms with Gasteiger partial charge < -0.3 is 10.0 Å². The molecular formula is C14H26N4O. The summed E-state index contributed by atoms with van der Waals surface area (Å²) < 4.78 is 1.92. The molecule has 1 unspecified atom stereocenters.